The number of hydrogen-bond acceptors (Lipinski definition) is 3. The van der Waals surface area contributed by atoms with Crippen LogP contribution in [0.1, 0.15) is 41.4 Å². The third kappa shape index (κ3) is 5.56. The quantitative estimate of drug-likeness (QED) is 0.452. The van der Waals surface area contributed by atoms with Gasteiger partial charge in [-0.05, 0) is 67.5 Å². The Morgan fingerprint density at radius 2 is 1.65 bits per heavy atom. The standard InChI is InChI=1S/C28H25ClN2O3/c1-18(20-8-4-3-5-9-20)30-28(33)25(31-27(32)21-12-14-24(29)15-13-21)17-23-16-22-10-6-7-11-26(22)34-19(23)2/h3-19H,1-2H3,(H,30,33)(H,31,32)/b25-17-/t18-,19+/m0/s1. The monoisotopic (exact) mass is 472 g/mol. The molecule has 2 N–H and O–H groups in total. The molecule has 3 aromatic rings. The fourth-order valence-corrected chi connectivity index (χ4v) is 3.77. The molecule has 1 aliphatic heterocycles. The van der Waals surface area contributed by atoms with Crippen LogP contribution in [0.5, 0.6) is 5.75 Å². The minimum atomic E-state index is -0.407. The average Bonchev–Trinajstić information content (AvgIpc) is 2.84. The Labute approximate surface area is 204 Å². The van der Waals surface area contributed by atoms with Crippen LogP contribution in [0.4, 0.5) is 0 Å². The molecule has 1 heterocycles. The number of ether oxygens (including phenoxy) is 1. The Kier molecular flexibility index (Phi) is 7.14. The number of nitrogens with one attached hydrogen (secondary N) is 2. The van der Waals surface area contributed by atoms with E-state index in [1.165, 1.54) is 0 Å². The van der Waals surface area contributed by atoms with Gasteiger partial charge in [-0.1, -0.05) is 60.1 Å². The highest BCUT2D eigenvalue weighted by Crippen LogP contribution is 2.30. The maximum absolute atomic E-state index is 13.3. The molecule has 2 atom stereocenters. The summed E-state index contributed by atoms with van der Waals surface area (Å²) in [6.07, 6.45) is 3.34. The van der Waals surface area contributed by atoms with Crippen molar-refractivity contribution < 1.29 is 14.3 Å². The summed E-state index contributed by atoms with van der Waals surface area (Å²) in [7, 11) is 0. The Morgan fingerprint density at radius 3 is 2.38 bits per heavy atom. The highest BCUT2D eigenvalue weighted by Gasteiger charge is 2.22. The van der Waals surface area contributed by atoms with Crippen molar-refractivity contribution in [2.24, 2.45) is 0 Å². The highest BCUT2D eigenvalue weighted by atomic mass is 35.5. The molecular formula is C28H25ClN2O3. The van der Waals surface area contributed by atoms with Gasteiger partial charge in [-0.15, -0.1) is 0 Å². The van der Waals surface area contributed by atoms with Crippen molar-refractivity contribution in [1.29, 1.82) is 0 Å². The molecule has 0 saturated heterocycles. The second kappa shape index (κ2) is 10.4. The molecule has 0 aromatic heterocycles. The van der Waals surface area contributed by atoms with E-state index in [4.69, 9.17) is 16.3 Å². The van der Waals surface area contributed by atoms with Gasteiger partial charge in [0.1, 0.15) is 17.6 Å². The van der Waals surface area contributed by atoms with Crippen LogP contribution in [0.2, 0.25) is 5.02 Å². The van der Waals surface area contributed by atoms with Crippen molar-refractivity contribution in [3.8, 4) is 5.75 Å². The first-order chi connectivity index (χ1) is 16.4. The zero-order valence-corrected chi connectivity index (χ0v) is 19.7. The summed E-state index contributed by atoms with van der Waals surface area (Å²) >= 11 is 5.95. The predicted molar refractivity (Wildman–Crippen MR) is 135 cm³/mol. The van der Waals surface area contributed by atoms with E-state index in [9.17, 15) is 9.59 Å². The number of benzene rings is 3. The summed E-state index contributed by atoms with van der Waals surface area (Å²) in [4.78, 5) is 26.2. The summed E-state index contributed by atoms with van der Waals surface area (Å²) in [6, 6.07) is 23.6. The van der Waals surface area contributed by atoms with E-state index in [0.717, 1.165) is 22.4 Å². The number of hydrogen-bond donors (Lipinski definition) is 2. The van der Waals surface area contributed by atoms with Crippen molar-refractivity contribution in [2.45, 2.75) is 26.0 Å². The SMILES string of the molecule is C[C@H](NC(=O)/C(=C/C1=Cc2ccccc2O[C@@H]1C)NC(=O)c1ccc(Cl)cc1)c1ccccc1. The second-order valence-electron chi connectivity index (χ2n) is 8.07. The fourth-order valence-electron chi connectivity index (χ4n) is 3.64. The van der Waals surface area contributed by atoms with Crippen molar-refractivity contribution >= 4 is 29.5 Å². The van der Waals surface area contributed by atoms with Gasteiger partial charge in [-0.25, -0.2) is 0 Å². The number of fused-ring (bicyclic) bond motifs is 1. The van der Waals surface area contributed by atoms with E-state index >= 15 is 0 Å². The van der Waals surface area contributed by atoms with Crippen molar-refractivity contribution in [3.63, 3.8) is 0 Å². The van der Waals surface area contributed by atoms with Crippen LogP contribution in [-0.2, 0) is 4.79 Å². The number of amides is 2. The number of rotatable bonds is 6. The van der Waals surface area contributed by atoms with E-state index in [-0.39, 0.29) is 17.8 Å². The molecule has 172 valence electrons. The lowest BCUT2D eigenvalue weighted by Gasteiger charge is -2.24. The third-order valence-corrected chi connectivity index (χ3v) is 5.82. The molecule has 0 aliphatic carbocycles. The van der Waals surface area contributed by atoms with E-state index in [1.807, 2.05) is 74.5 Å². The molecule has 6 heteroatoms. The summed E-state index contributed by atoms with van der Waals surface area (Å²) in [6.45, 7) is 3.80. The average molecular weight is 473 g/mol. The molecule has 0 saturated carbocycles. The lowest BCUT2D eigenvalue weighted by molar-refractivity contribution is -0.118. The Morgan fingerprint density at radius 1 is 0.971 bits per heavy atom. The third-order valence-electron chi connectivity index (χ3n) is 5.57. The zero-order valence-electron chi connectivity index (χ0n) is 18.9. The van der Waals surface area contributed by atoms with Crippen LogP contribution >= 0.6 is 11.6 Å². The normalized spacial score (nSPS) is 15.9. The molecule has 4 rings (SSSR count). The van der Waals surface area contributed by atoms with Crippen LogP contribution < -0.4 is 15.4 Å². The van der Waals surface area contributed by atoms with Gasteiger partial charge >= 0.3 is 0 Å². The van der Waals surface area contributed by atoms with Gasteiger partial charge < -0.3 is 15.4 Å². The minimum Gasteiger partial charge on any atom is -0.485 e. The summed E-state index contributed by atoms with van der Waals surface area (Å²) in [5.74, 6) is -0.0255. The van der Waals surface area contributed by atoms with Gasteiger partial charge in [0, 0.05) is 16.1 Å². The number of carbonyl (C=O) groups is 2. The molecule has 5 nitrogen and oxygen atoms in total. The summed E-state index contributed by atoms with van der Waals surface area (Å²) in [5.41, 5.74) is 3.16. The maximum atomic E-state index is 13.3. The van der Waals surface area contributed by atoms with E-state index in [0.29, 0.717) is 10.6 Å². The molecule has 0 radical (unpaired) electrons. The molecule has 0 fully saturated rings. The van der Waals surface area contributed by atoms with Crippen LogP contribution in [0.3, 0.4) is 0 Å². The van der Waals surface area contributed by atoms with E-state index in [1.54, 1.807) is 30.3 Å². The molecule has 1 aliphatic rings. The maximum Gasteiger partial charge on any atom is 0.268 e. The molecule has 3 aromatic carbocycles. The van der Waals surface area contributed by atoms with Gasteiger partial charge in [-0.2, -0.15) is 0 Å². The zero-order chi connectivity index (χ0) is 24.1. The van der Waals surface area contributed by atoms with Gasteiger partial charge in [-0.3, -0.25) is 9.59 Å². The van der Waals surface area contributed by atoms with Crippen molar-refractivity contribution in [3.05, 3.63) is 118 Å². The Hall–Kier alpha value is -3.83. The highest BCUT2D eigenvalue weighted by molar-refractivity contribution is 6.30. The van der Waals surface area contributed by atoms with Crippen LogP contribution in [0.15, 0.2) is 96.2 Å². The first kappa shape index (κ1) is 23.3. The number of carbonyl (C=O) groups excluding carboxylic acids is 2. The summed E-state index contributed by atoms with van der Waals surface area (Å²) < 4.78 is 6.01. The lowest BCUT2D eigenvalue weighted by atomic mass is 10.0. The second-order valence-corrected chi connectivity index (χ2v) is 8.50. The lowest BCUT2D eigenvalue weighted by Crippen LogP contribution is -2.36. The number of para-hydroxylation sites is 1. The smallest absolute Gasteiger partial charge is 0.268 e. The molecule has 34 heavy (non-hydrogen) atoms. The van der Waals surface area contributed by atoms with E-state index < -0.39 is 11.8 Å². The van der Waals surface area contributed by atoms with Gasteiger partial charge in [0.25, 0.3) is 11.8 Å². The first-order valence-corrected chi connectivity index (χ1v) is 11.4. The molecule has 0 spiro atoms. The first-order valence-electron chi connectivity index (χ1n) is 11.0. The van der Waals surface area contributed by atoms with E-state index in [2.05, 4.69) is 10.6 Å². The van der Waals surface area contributed by atoms with Crippen molar-refractivity contribution in [1.82, 2.24) is 10.6 Å². The van der Waals surface area contributed by atoms with Gasteiger partial charge in [0.15, 0.2) is 0 Å². The van der Waals surface area contributed by atoms with Crippen LogP contribution in [0, 0.1) is 0 Å². The number of halogens is 1. The Balaban J connectivity index is 1.64. The van der Waals surface area contributed by atoms with Crippen LogP contribution in [0.25, 0.3) is 6.08 Å². The molecule has 0 unspecified atom stereocenters. The van der Waals surface area contributed by atoms with Crippen LogP contribution in [-0.4, -0.2) is 17.9 Å². The van der Waals surface area contributed by atoms with Gasteiger partial charge in [0.05, 0.1) is 6.04 Å². The predicted octanol–water partition coefficient (Wildman–Crippen LogP) is 5.70. The largest absolute Gasteiger partial charge is 0.485 e. The Bertz CT molecular complexity index is 1250. The fraction of sp³-hybridized carbons (Fsp3) is 0.143. The van der Waals surface area contributed by atoms with Crippen molar-refractivity contribution in [2.75, 3.05) is 0 Å². The molecular weight excluding hydrogens is 448 g/mol. The minimum absolute atomic E-state index is 0.129. The van der Waals surface area contributed by atoms with Gasteiger partial charge in [0.2, 0.25) is 0 Å². The summed E-state index contributed by atoms with van der Waals surface area (Å²) in [5, 5.41) is 6.27. The topological polar surface area (TPSA) is 67.4 Å². The molecule has 2 amide bonds. The molecule has 0 bridgehead atoms.